The van der Waals surface area contributed by atoms with Crippen LogP contribution >= 0.6 is 0 Å². The molecule has 1 aliphatic rings. The quantitative estimate of drug-likeness (QED) is 0.627. The molecule has 7 heteroatoms. The molecule has 1 heterocycles. The third kappa shape index (κ3) is 5.34. The smallest absolute Gasteiger partial charge is 0.330 e. The standard InChI is InChI=1S/C24H30N2O5/c1-2-3-14-26-20-9-7-5-4-6-8-17(20)15-19(23(26)29)22(28)25-21(24(30)31)16-10-12-18(27)13-11-16/h10-13,15,21,27H,2-9,14H2,1H3,(H,25,28)(H,30,31). The number of aliphatic carboxylic acids is 1. The van der Waals surface area contributed by atoms with Gasteiger partial charge < -0.3 is 20.1 Å². The normalized spacial score (nSPS) is 14.7. The van der Waals surface area contributed by atoms with E-state index in [1.54, 1.807) is 10.6 Å². The van der Waals surface area contributed by atoms with Crippen molar-refractivity contribution in [2.45, 2.75) is 70.9 Å². The molecule has 0 spiro atoms. The van der Waals surface area contributed by atoms with Crippen molar-refractivity contribution < 1.29 is 19.8 Å². The van der Waals surface area contributed by atoms with Gasteiger partial charge in [-0.15, -0.1) is 0 Å². The molecule has 31 heavy (non-hydrogen) atoms. The van der Waals surface area contributed by atoms with Gasteiger partial charge in [0, 0.05) is 12.2 Å². The zero-order valence-corrected chi connectivity index (χ0v) is 17.9. The number of rotatable bonds is 7. The number of aromatic hydroxyl groups is 1. The number of carbonyl (C=O) groups is 2. The highest BCUT2D eigenvalue weighted by Gasteiger charge is 2.26. The fourth-order valence-corrected chi connectivity index (χ4v) is 4.11. The summed E-state index contributed by atoms with van der Waals surface area (Å²) in [4.78, 5) is 38.1. The van der Waals surface area contributed by atoms with Crippen LogP contribution < -0.4 is 10.9 Å². The first-order chi connectivity index (χ1) is 14.9. The van der Waals surface area contributed by atoms with Gasteiger partial charge in [0.2, 0.25) is 0 Å². The van der Waals surface area contributed by atoms with Crippen molar-refractivity contribution in [1.82, 2.24) is 9.88 Å². The van der Waals surface area contributed by atoms with Crippen LogP contribution in [0.1, 0.15) is 78.7 Å². The molecule has 3 N–H and O–H groups in total. The summed E-state index contributed by atoms with van der Waals surface area (Å²) in [7, 11) is 0. The summed E-state index contributed by atoms with van der Waals surface area (Å²) in [5.74, 6) is -1.93. The van der Waals surface area contributed by atoms with E-state index in [0.29, 0.717) is 12.1 Å². The number of nitrogens with zero attached hydrogens (tertiary/aromatic N) is 1. The number of phenols is 1. The number of aromatic nitrogens is 1. The Bertz CT molecular complexity index is 994. The number of carboxylic acids is 1. The van der Waals surface area contributed by atoms with Gasteiger partial charge in [0.05, 0.1) is 0 Å². The van der Waals surface area contributed by atoms with Crippen LogP contribution in [-0.2, 0) is 24.2 Å². The lowest BCUT2D eigenvalue weighted by atomic mass is 9.95. The maximum atomic E-state index is 13.2. The Morgan fingerprint density at radius 1 is 1.10 bits per heavy atom. The Labute approximate surface area is 181 Å². The number of unbranched alkanes of at least 4 members (excludes halogenated alkanes) is 1. The monoisotopic (exact) mass is 426 g/mol. The number of phenolic OH excluding ortho intramolecular Hbond substituents is 1. The number of carboxylic acid groups (broad SMARTS) is 1. The third-order valence-corrected chi connectivity index (χ3v) is 5.83. The van der Waals surface area contributed by atoms with Gasteiger partial charge >= 0.3 is 5.97 Å². The Kier molecular flexibility index (Phi) is 7.50. The third-order valence-electron chi connectivity index (χ3n) is 5.83. The molecule has 0 saturated carbocycles. The lowest BCUT2D eigenvalue weighted by Crippen LogP contribution is -2.39. The molecule has 0 saturated heterocycles. The largest absolute Gasteiger partial charge is 0.508 e. The van der Waals surface area contributed by atoms with E-state index in [0.717, 1.165) is 62.6 Å². The molecule has 0 radical (unpaired) electrons. The molecule has 1 aliphatic carbocycles. The molecular formula is C24H30N2O5. The van der Waals surface area contributed by atoms with E-state index < -0.39 is 17.9 Å². The second-order valence-electron chi connectivity index (χ2n) is 8.09. The van der Waals surface area contributed by atoms with Gasteiger partial charge in [-0.1, -0.05) is 38.3 Å². The van der Waals surface area contributed by atoms with Gasteiger partial charge in [-0.3, -0.25) is 9.59 Å². The van der Waals surface area contributed by atoms with Crippen molar-refractivity contribution in [3.8, 4) is 5.75 Å². The minimum absolute atomic E-state index is 0.000281. The maximum absolute atomic E-state index is 13.2. The van der Waals surface area contributed by atoms with Gasteiger partial charge in [-0.05, 0) is 61.4 Å². The number of hydrogen-bond donors (Lipinski definition) is 3. The molecule has 166 valence electrons. The number of hydrogen-bond acceptors (Lipinski definition) is 4. The van der Waals surface area contributed by atoms with Gasteiger partial charge in [-0.25, -0.2) is 4.79 Å². The summed E-state index contributed by atoms with van der Waals surface area (Å²) in [5.41, 5.74) is 1.97. The van der Waals surface area contributed by atoms with Crippen molar-refractivity contribution in [1.29, 1.82) is 0 Å². The molecule has 0 bridgehead atoms. The van der Waals surface area contributed by atoms with E-state index in [-0.39, 0.29) is 16.9 Å². The lowest BCUT2D eigenvalue weighted by Gasteiger charge is -2.22. The molecule has 1 unspecified atom stereocenters. The van der Waals surface area contributed by atoms with E-state index in [1.807, 2.05) is 0 Å². The van der Waals surface area contributed by atoms with E-state index in [2.05, 4.69) is 12.2 Å². The second kappa shape index (κ2) is 10.3. The van der Waals surface area contributed by atoms with E-state index >= 15 is 0 Å². The predicted octanol–water partition coefficient (Wildman–Crippen LogP) is 3.57. The van der Waals surface area contributed by atoms with Crippen molar-refractivity contribution in [3.05, 3.63) is 63.1 Å². The highest BCUT2D eigenvalue weighted by molar-refractivity contribution is 5.96. The number of benzene rings is 1. The number of nitrogens with one attached hydrogen (secondary N) is 1. The average Bonchev–Trinajstić information content (AvgIpc) is 2.72. The van der Waals surface area contributed by atoms with E-state index in [4.69, 9.17) is 0 Å². The first-order valence-electron chi connectivity index (χ1n) is 11.0. The molecule has 7 nitrogen and oxygen atoms in total. The zero-order valence-electron chi connectivity index (χ0n) is 17.9. The fraction of sp³-hybridized carbons (Fsp3) is 0.458. The number of carbonyl (C=O) groups excluding carboxylic acids is 1. The van der Waals surface area contributed by atoms with Gasteiger partial charge in [-0.2, -0.15) is 0 Å². The number of fused-ring (bicyclic) bond motifs is 1. The van der Waals surface area contributed by atoms with Crippen LogP contribution in [0.2, 0.25) is 0 Å². The molecule has 1 aromatic carbocycles. The maximum Gasteiger partial charge on any atom is 0.330 e. The first-order valence-corrected chi connectivity index (χ1v) is 11.0. The van der Waals surface area contributed by atoms with Crippen LogP contribution in [0.15, 0.2) is 35.1 Å². The molecule has 1 amide bonds. The van der Waals surface area contributed by atoms with Crippen LogP contribution in [0.4, 0.5) is 0 Å². The minimum atomic E-state index is -1.32. The molecule has 2 aromatic rings. The highest BCUT2D eigenvalue weighted by atomic mass is 16.4. The summed E-state index contributed by atoms with van der Waals surface area (Å²) in [6, 6.07) is 5.94. The Balaban J connectivity index is 1.98. The summed E-state index contributed by atoms with van der Waals surface area (Å²) in [5, 5.41) is 21.6. The predicted molar refractivity (Wildman–Crippen MR) is 117 cm³/mol. The fourth-order valence-electron chi connectivity index (χ4n) is 4.11. The van der Waals surface area contributed by atoms with Crippen LogP contribution in [0.5, 0.6) is 5.75 Å². The summed E-state index contributed by atoms with van der Waals surface area (Å²) < 4.78 is 1.73. The molecule has 1 atom stereocenters. The van der Waals surface area contributed by atoms with Crippen LogP contribution in [0.25, 0.3) is 0 Å². The number of amides is 1. The average molecular weight is 427 g/mol. The summed E-state index contributed by atoms with van der Waals surface area (Å²) in [6.45, 7) is 2.61. The Morgan fingerprint density at radius 3 is 2.42 bits per heavy atom. The first kappa shape index (κ1) is 22.6. The topological polar surface area (TPSA) is 109 Å². The second-order valence-corrected chi connectivity index (χ2v) is 8.09. The molecule has 0 aliphatic heterocycles. The van der Waals surface area contributed by atoms with Gasteiger partial charge in [0.15, 0.2) is 6.04 Å². The highest BCUT2D eigenvalue weighted by Crippen LogP contribution is 2.22. The van der Waals surface area contributed by atoms with Gasteiger partial charge in [0.1, 0.15) is 11.3 Å². The molecular weight excluding hydrogens is 396 g/mol. The number of aryl methyl sites for hydroxylation is 1. The lowest BCUT2D eigenvalue weighted by molar-refractivity contribution is -0.139. The van der Waals surface area contributed by atoms with Crippen molar-refractivity contribution >= 4 is 11.9 Å². The van der Waals surface area contributed by atoms with Crippen LogP contribution in [0, 0.1) is 0 Å². The summed E-state index contributed by atoms with van der Waals surface area (Å²) >= 11 is 0. The van der Waals surface area contributed by atoms with Gasteiger partial charge in [0.25, 0.3) is 11.5 Å². The number of pyridine rings is 1. The molecule has 3 rings (SSSR count). The molecule has 1 aromatic heterocycles. The van der Waals surface area contributed by atoms with Crippen LogP contribution in [0.3, 0.4) is 0 Å². The van der Waals surface area contributed by atoms with Crippen molar-refractivity contribution in [2.24, 2.45) is 0 Å². The van der Waals surface area contributed by atoms with Crippen molar-refractivity contribution in [2.75, 3.05) is 0 Å². The van der Waals surface area contributed by atoms with Crippen molar-refractivity contribution in [3.63, 3.8) is 0 Å². The summed E-state index contributed by atoms with van der Waals surface area (Å²) in [6.07, 6.45) is 7.68. The zero-order chi connectivity index (χ0) is 22.4. The Morgan fingerprint density at radius 2 is 1.77 bits per heavy atom. The Hall–Kier alpha value is -3.09. The molecule has 0 fully saturated rings. The van der Waals surface area contributed by atoms with E-state index in [1.165, 1.54) is 24.3 Å². The van der Waals surface area contributed by atoms with E-state index in [9.17, 15) is 24.6 Å². The SMILES string of the molecule is CCCCn1c2c(cc(C(=O)NC(C(=O)O)c3ccc(O)cc3)c1=O)CCCCCC2. The minimum Gasteiger partial charge on any atom is -0.508 e. The van der Waals surface area contributed by atoms with Crippen LogP contribution in [-0.4, -0.2) is 26.7 Å².